The number of benzene rings is 2. The number of hydrogen-bond donors (Lipinski definition) is 1. The van der Waals surface area contributed by atoms with Gasteiger partial charge in [-0.3, -0.25) is 9.36 Å². The molecule has 218 valence electrons. The maximum Gasteiger partial charge on any atom is 0.333 e. The van der Waals surface area contributed by atoms with E-state index in [-0.39, 0.29) is 11.9 Å². The summed E-state index contributed by atoms with van der Waals surface area (Å²) in [6.07, 6.45) is 7.48. The fourth-order valence-electron chi connectivity index (χ4n) is 4.95. The molecule has 0 amide bonds. The van der Waals surface area contributed by atoms with Gasteiger partial charge in [-0.1, -0.05) is 30.3 Å². The summed E-state index contributed by atoms with van der Waals surface area (Å²) in [5.41, 5.74) is -1.04. The number of carboxylic acid groups (broad SMARTS) is 1. The molecule has 0 radical (unpaired) electrons. The second-order valence-corrected chi connectivity index (χ2v) is 11.5. The van der Waals surface area contributed by atoms with E-state index in [2.05, 4.69) is 9.97 Å². The minimum atomic E-state index is -1.83. The summed E-state index contributed by atoms with van der Waals surface area (Å²) in [4.78, 5) is 49.5. The summed E-state index contributed by atoms with van der Waals surface area (Å²) in [6, 6.07) is 16.8. The van der Waals surface area contributed by atoms with Crippen LogP contribution < -0.4 is 16.0 Å². The van der Waals surface area contributed by atoms with Gasteiger partial charge in [-0.05, 0) is 56.2 Å². The fraction of sp³-hybridized carbons (Fsp3) is 0.194. The molecule has 1 N–H and O–H groups in total. The number of imidazole rings is 1. The standard InChI is InChI=1S/C31H27N5O6S/c1-19-24-27(37)36(31(2,3)29(38)39)30(40)35(28(24)43-25(19)26-33-14-16-41-26)17-23(20-7-5-4-6-8-20)42-22-11-9-21(10-12-22)34-15-13-32-18-34/h4-16,18,23H,17H2,1-3H3,(H,38,39)/t23-/m1/s1. The van der Waals surface area contributed by atoms with Gasteiger partial charge in [0.2, 0.25) is 5.89 Å². The Morgan fingerprint density at radius 2 is 1.84 bits per heavy atom. The summed E-state index contributed by atoms with van der Waals surface area (Å²) < 4.78 is 16.1. The predicted octanol–water partition coefficient (Wildman–Crippen LogP) is 5.01. The number of carbonyl (C=O) groups is 1. The minimum Gasteiger partial charge on any atom is -0.484 e. The maximum absolute atomic E-state index is 14.1. The van der Waals surface area contributed by atoms with Crippen molar-refractivity contribution < 1.29 is 19.1 Å². The molecule has 43 heavy (non-hydrogen) atoms. The highest BCUT2D eigenvalue weighted by Gasteiger charge is 2.36. The van der Waals surface area contributed by atoms with Gasteiger partial charge in [0, 0.05) is 18.1 Å². The summed E-state index contributed by atoms with van der Waals surface area (Å²) >= 11 is 1.19. The average molecular weight is 598 g/mol. The third-order valence-corrected chi connectivity index (χ3v) is 8.66. The smallest absolute Gasteiger partial charge is 0.333 e. The predicted molar refractivity (Wildman–Crippen MR) is 161 cm³/mol. The van der Waals surface area contributed by atoms with Crippen LogP contribution in [-0.4, -0.2) is 34.7 Å². The third-order valence-electron chi connectivity index (χ3n) is 7.36. The van der Waals surface area contributed by atoms with E-state index in [4.69, 9.17) is 9.15 Å². The average Bonchev–Trinajstić information content (AvgIpc) is 3.78. The van der Waals surface area contributed by atoms with Crippen molar-refractivity contribution in [1.82, 2.24) is 23.7 Å². The van der Waals surface area contributed by atoms with Gasteiger partial charge in [0.05, 0.1) is 29.3 Å². The van der Waals surface area contributed by atoms with Crippen LogP contribution in [0.2, 0.25) is 0 Å². The molecule has 11 nitrogen and oxygen atoms in total. The molecule has 0 saturated heterocycles. The monoisotopic (exact) mass is 597 g/mol. The number of aryl methyl sites for hydroxylation is 1. The van der Waals surface area contributed by atoms with Crippen LogP contribution in [0.3, 0.4) is 0 Å². The number of aromatic nitrogens is 5. The van der Waals surface area contributed by atoms with Crippen molar-refractivity contribution in [2.24, 2.45) is 0 Å². The van der Waals surface area contributed by atoms with Gasteiger partial charge in [-0.15, -0.1) is 11.3 Å². The number of thiophene rings is 1. The summed E-state index contributed by atoms with van der Waals surface area (Å²) in [6.45, 7) is 4.39. The lowest BCUT2D eigenvalue weighted by atomic mass is 10.1. The first-order chi connectivity index (χ1) is 20.7. The lowest BCUT2D eigenvalue weighted by molar-refractivity contribution is -0.146. The molecule has 0 aliphatic heterocycles. The third kappa shape index (κ3) is 4.95. The number of nitrogens with zero attached hydrogens (tertiary/aromatic N) is 5. The summed E-state index contributed by atoms with van der Waals surface area (Å²) in [7, 11) is 0. The molecule has 1 atom stereocenters. The van der Waals surface area contributed by atoms with Crippen molar-refractivity contribution in [2.75, 3.05) is 0 Å². The maximum atomic E-state index is 14.1. The highest BCUT2D eigenvalue weighted by Crippen LogP contribution is 2.36. The van der Waals surface area contributed by atoms with Crippen LogP contribution in [-0.2, 0) is 16.9 Å². The molecule has 0 spiro atoms. The molecule has 4 aromatic heterocycles. The number of hydrogen-bond acceptors (Lipinski definition) is 8. The summed E-state index contributed by atoms with van der Waals surface area (Å²) in [5.74, 6) is -0.453. The van der Waals surface area contributed by atoms with Crippen LogP contribution in [0.5, 0.6) is 5.75 Å². The van der Waals surface area contributed by atoms with Gasteiger partial charge in [0.1, 0.15) is 28.5 Å². The van der Waals surface area contributed by atoms with Crippen LogP contribution in [0.25, 0.3) is 26.7 Å². The number of ether oxygens (including phenoxy) is 1. The molecule has 0 aliphatic carbocycles. The van der Waals surface area contributed by atoms with Gasteiger partial charge < -0.3 is 18.8 Å². The van der Waals surface area contributed by atoms with Gasteiger partial charge in [-0.25, -0.2) is 24.1 Å². The van der Waals surface area contributed by atoms with E-state index in [1.165, 1.54) is 42.2 Å². The van der Waals surface area contributed by atoms with Crippen LogP contribution in [0.1, 0.15) is 31.1 Å². The van der Waals surface area contributed by atoms with Gasteiger partial charge >= 0.3 is 11.7 Å². The van der Waals surface area contributed by atoms with Crippen LogP contribution >= 0.6 is 11.3 Å². The Morgan fingerprint density at radius 1 is 1.09 bits per heavy atom. The Labute approximate surface area is 248 Å². The van der Waals surface area contributed by atoms with Crippen molar-refractivity contribution in [1.29, 1.82) is 0 Å². The van der Waals surface area contributed by atoms with E-state index in [0.717, 1.165) is 15.8 Å². The highest BCUT2D eigenvalue weighted by molar-refractivity contribution is 7.22. The first-order valence-electron chi connectivity index (χ1n) is 13.4. The second kappa shape index (κ2) is 10.9. The van der Waals surface area contributed by atoms with Crippen LogP contribution in [0.4, 0.5) is 0 Å². The Morgan fingerprint density at radius 3 is 2.47 bits per heavy atom. The molecule has 12 heteroatoms. The SMILES string of the molecule is Cc1c(-c2ncco2)sc2c1c(=O)n(C(C)(C)C(=O)O)c(=O)n2C[C@@H](Oc1ccc(-n2ccnc2)cc1)c1ccccc1. The first kappa shape index (κ1) is 27.9. The molecule has 0 aliphatic rings. The Hall–Kier alpha value is -5.23. The highest BCUT2D eigenvalue weighted by atomic mass is 32.1. The van der Waals surface area contributed by atoms with E-state index in [0.29, 0.717) is 26.9 Å². The van der Waals surface area contributed by atoms with E-state index in [9.17, 15) is 19.5 Å². The number of rotatable bonds is 9. The molecule has 6 aromatic rings. The molecule has 0 unspecified atom stereocenters. The Balaban J connectivity index is 1.52. The van der Waals surface area contributed by atoms with Crippen molar-refractivity contribution in [3.8, 4) is 22.2 Å². The molecule has 0 saturated carbocycles. The van der Waals surface area contributed by atoms with Crippen molar-refractivity contribution in [3.05, 3.63) is 118 Å². The topological polar surface area (TPSA) is 134 Å². The zero-order valence-electron chi connectivity index (χ0n) is 23.5. The normalized spacial score (nSPS) is 12.4. The molecule has 0 fully saturated rings. The van der Waals surface area contributed by atoms with Gasteiger partial charge in [0.25, 0.3) is 5.56 Å². The zero-order chi connectivity index (χ0) is 30.3. The van der Waals surface area contributed by atoms with E-state index in [1.54, 1.807) is 19.4 Å². The fourth-order valence-corrected chi connectivity index (χ4v) is 6.19. The van der Waals surface area contributed by atoms with Gasteiger partial charge in [0.15, 0.2) is 0 Å². The lowest BCUT2D eigenvalue weighted by Crippen LogP contribution is -2.52. The number of aliphatic carboxylic acids is 1. The van der Waals surface area contributed by atoms with Crippen molar-refractivity contribution in [2.45, 2.75) is 39.0 Å². The number of oxazole rings is 1. The molecular weight excluding hydrogens is 570 g/mol. The van der Waals surface area contributed by atoms with E-state index in [1.807, 2.05) is 65.4 Å². The Bertz CT molecular complexity index is 2020. The molecule has 0 bridgehead atoms. The van der Waals surface area contributed by atoms with Crippen LogP contribution in [0, 0.1) is 6.92 Å². The zero-order valence-corrected chi connectivity index (χ0v) is 24.3. The van der Waals surface area contributed by atoms with Crippen molar-refractivity contribution >= 4 is 27.5 Å². The summed E-state index contributed by atoms with van der Waals surface area (Å²) in [5, 5.41) is 10.2. The minimum absolute atomic E-state index is 0.0103. The first-order valence-corrected chi connectivity index (χ1v) is 14.2. The molecular formula is C31H27N5O6S. The largest absolute Gasteiger partial charge is 0.484 e. The lowest BCUT2D eigenvalue weighted by Gasteiger charge is -2.25. The number of carboxylic acids is 1. The van der Waals surface area contributed by atoms with Crippen LogP contribution in [0.15, 0.2) is 99.8 Å². The molecule has 4 heterocycles. The van der Waals surface area contributed by atoms with Crippen molar-refractivity contribution in [3.63, 3.8) is 0 Å². The van der Waals surface area contributed by atoms with E-state index < -0.39 is 28.9 Å². The Kier molecular flexibility index (Phi) is 7.06. The molecule has 2 aromatic carbocycles. The molecule has 6 rings (SSSR count). The number of fused-ring (bicyclic) bond motifs is 1. The van der Waals surface area contributed by atoms with E-state index >= 15 is 0 Å². The second-order valence-electron chi connectivity index (χ2n) is 10.5. The van der Waals surface area contributed by atoms with Gasteiger partial charge in [-0.2, -0.15) is 0 Å². The quantitative estimate of drug-likeness (QED) is 0.246.